The van der Waals surface area contributed by atoms with Gasteiger partial charge >= 0.3 is 5.97 Å². The summed E-state index contributed by atoms with van der Waals surface area (Å²) in [6.07, 6.45) is 5.28. The van der Waals surface area contributed by atoms with Gasteiger partial charge in [-0.05, 0) is 13.8 Å². The summed E-state index contributed by atoms with van der Waals surface area (Å²) in [5.41, 5.74) is 0.794. The van der Waals surface area contributed by atoms with Crippen molar-refractivity contribution in [3.8, 4) is 0 Å². The van der Waals surface area contributed by atoms with Crippen LogP contribution in [0, 0.1) is 5.92 Å². The zero-order valence-corrected chi connectivity index (χ0v) is 7.80. The van der Waals surface area contributed by atoms with E-state index in [2.05, 4.69) is 0 Å². The highest BCUT2D eigenvalue weighted by Gasteiger charge is 2.37. The highest BCUT2D eigenvalue weighted by molar-refractivity contribution is 6.26. The Kier molecular flexibility index (Phi) is 2.29. The number of carboxylic acid groups (broad SMARTS) is 1. The summed E-state index contributed by atoms with van der Waals surface area (Å²) in [7, 11) is 0. The van der Waals surface area contributed by atoms with Crippen LogP contribution in [0.3, 0.4) is 0 Å². The Morgan fingerprint density at radius 3 is 2.67 bits per heavy atom. The minimum Gasteiger partial charge on any atom is -0.481 e. The van der Waals surface area contributed by atoms with Crippen molar-refractivity contribution in [1.82, 2.24) is 0 Å². The third-order valence-corrected chi connectivity index (χ3v) is 2.39. The van der Waals surface area contributed by atoms with E-state index >= 15 is 0 Å². The first-order valence-electron chi connectivity index (χ1n) is 3.73. The van der Waals surface area contributed by atoms with Gasteiger partial charge in [-0.15, -0.1) is 11.6 Å². The summed E-state index contributed by atoms with van der Waals surface area (Å²) in [6, 6.07) is 0. The van der Waals surface area contributed by atoms with Crippen molar-refractivity contribution in [2.24, 2.45) is 5.92 Å². The lowest BCUT2D eigenvalue weighted by Crippen LogP contribution is -2.35. The number of aliphatic carboxylic acids is 1. The molecule has 1 rings (SSSR count). The second-order valence-electron chi connectivity index (χ2n) is 3.19. The van der Waals surface area contributed by atoms with Crippen molar-refractivity contribution in [2.75, 3.05) is 0 Å². The Morgan fingerprint density at radius 1 is 1.75 bits per heavy atom. The lowest BCUT2D eigenvalue weighted by atomic mass is 9.83. The summed E-state index contributed by atoms with van der Waals surface area (Å²) >= 11 is 6.02. The maximum absolute atomic E-state index is 10.8. The number of carboxylic acids is 1. The number of alkyl halides is 1. The van der Waals surface area contributed by atoms with Crippen LogP contribution >= 0.6 is 11.6 Å². The maximum atomic E-state index is 10.8. The Hall–Kier alpha value is -0.760. The van der Waals surface area contributed by atoms with Crippen LogP contribution < -0.4 is 0 Å². The molecule has 0 amide bonds. The molecule has 1 N–H and O–H groups in total. The van der Waals surface area contributed by atoms with E-state index in [-0.39, 0.29) is 0 Å². The molecule has 2 unspecified atom stereocenters. The van der Waals surface area contributed by atoms with Crippen LogP contribution in [0.25, 0.3) is 0 Å². The normalized spacial score (nSPS) is 34.6. The van der Waals surface area contributed by atoms with Crippen LogP contribution in [0.2, 0.25) is 0 Å². The van der Waals surface area contributed by atoms with Gasteiger partial charge in [0.2, 0.25) is 0 Å². The molecule has 3 heteroatoms. The summed E-state index contributed by atoms with van der Waals surface area (Å²) in [4.78, 5) is 10.0. The molecule has 2 nitrogen and oxygen atoms in total. The van der Waals surface area contributed by atoms with Gasteiger partial charge in [0.25, 0.3) is 0 Å². The van der Waals surface area contributed by atoms with Gasteiger partial charge in [-0.25, -0.2) is 0 Å². The molecule has 0 saturated heterocycles. The van der Waals surface area contributed by atoms with Gasteiger partial charge in [0.1, 0.15) is 5.92 Å². The summed E-state index contributed by atoms with van der Waals surface area (Å²) in [6.45, 7) is 3.49. The van der Waals surface area contributed by atoms with E-state index in [1.54, 1.807) is 32.1 Å². The van der Waals surface area contributed by atoms with E-state index in [9.17, 15) is 4.79 Å². The van der Waals surface area contributed by atoms with Crippen LogP contribution in [0.4, 0.5) is 0 Å². The molecule has 0 radical (unpaired) electrons. The Balaban J connectivity index is 3.03. The number of allylic oxidation sites excluding steroid dienone is 3. The minimum atomic E-state index is -0.870. The number of hydrogen-bond acceptors (Lipinski definition) is 1. The molecular formula is C9H11ClO2. The van der Waals surface area contributed by atoms with Crippen LogP contribution in [0.5, 0.6) is 0 Å². The molecule has 0 aromatic carbocycles. The van der Waals surface area contributed by atoms with Crippen molar-refractivity contribution in [3.05, 3.63) is 23.8 Å². The molecular weight excluding hydrogens is 176 g/mol. The Labute approximate surface area is 76.5 Å². The van der Waals surface area contributed by atoms with Crippen LogP contribution in [-0.2, 0) is 4.79 Å². The molecule has 66 valence electrons. The van der Waals surface area contributed by atoms with Crippen LogP contribution in [0.1, 0.15) is 13.8 Å². The van der Waals surface area contributed by atoms with Crippen LogP contribution in [0.15, 0.2) is 23.8 Å². The van der Waals surface area contributed by atoms with Gasteiger partial charge in [-0.3, -0.25) is 4.79 Å². The van der Waals surface area contributed by atoms with Crippen molar-refractivity contribution in [1.29, 1.82) is 0 Å². The molecule has 12 heavy (non-hydrogen) atoms. The number of hydrogen-bond donors (Lipinski definition) is 1. The first-order chi connectivity index (χ1) is 5.45. The van der Waals surface area contributed by atoms with Gasteiger partial charge in [-0.2, -0.15) is 0 Å². The molecule has 2 atom stereocenters. The van der Waals surface area contributed by atoms with E-state index in [1.807, 2.05) is 0 Å². The molecule has 0 aromatic heterocycles. The Morgan fingerprint density at radius 2 is 2.33 bits per heavy atom. The topological polar surface area (TPSA) is 37.3 Å². The van der Waals surface area contributed by atoms with Crippen molar-refractivity contribution >= 4 is 17.6 Å². The van der Waals surface area contributed by atoms with Gasteiger partial charge in [0.15, 0.2) is 0 Å². The third-order valence-electron chi connectivity index (χ3n) is 2.05. The SMILES string of the molecule is CC1=CC=CC(C)(Cl)C1C(=O)O. The monoisotopic (exact) mass is 186 g/mol. The highest BCUT2D eigenvalue weighted by atomic mass is 35.5. The smallest absolute Gasteiger partial charge is 0.312 e. The molecule has 1 aliphatic rings. The molecule has 0 saturated carbocycles. The van der Waals surface area contributed by atoms with Crippen molar-refractivity contribution < 1.29 is 9.90 Å². The predicted octanol–water partition coefficient (Wildman–Crippen LogP) is 2.20. The molecule has 0 aromatic rings. The molecule has 0 aliphatic heterocycles. The number of halogens is 1. The lowest BCUT2D eigenvalue weighted by molar-refractivity contribution is -0.141. The molecule has 1 aliphatic carbocycles. The van der Waals surface area contributed by atoms with E-state index in [1.165, 1.54) is 0 Å². The molecule has 0 spiro atoms. The quantitative estimate of drug-likeness (QED) is 0.638. The third kappa shape index (κ3) is 1.53. The zero-order chi connectivity index (χ0) is 9.35. The average molecular weight is 187 g/mol. The maximum Gasteiger partial charge on any atom is 0.312 e. The fourth-order valence-corrected chi connectivity index (χ4v) is 1.80. The van der Waals surface area contributed by atoms with Gasteiger partial charge in [0, 0.05) is 0 Å². The predicted molar refractivity (Wildman–Crippen MR) is 48.3 cm³/mol. The Bertz CT molecular complexity index is 264. The summed E-state index contributed by atoms with van der Waals surface area (Å²) < 4.78 is 0. The first-order valence-corrected chi connectivity index (χ1v) is 4.10. The average Bonchev–Trinajstić information content (AvgIpc) is 1.82. The zero-order valence-electron chi connectivity index (χ0n) is 7.04. The molecule has 0 heterocycles. The highest BCUT2D eigenvalue weighted by Crippen LogP contribution is 2.35. The van der Waals surface area contributed by atoms with E-state index in [0.717, 1.165) is 5.57 Å². The fraction of sp³-hybridized carbons (Fsp3) is 0.444. The van der Waals surface area contributed by atoms with E-state index in [4.69, 9.17) is 16.7 Å². The van der Waals surface area contributed by atoms with Crippen molar-refractivity contribution in [3.63, 3.8) is 0 Å². The molecule has 0 bridgehead atoms. The van der Waals surface area contributed by atoms with Crippen LogP contribution in [-0.4, -0.2) is 16.0 Å². The van der Waals surface area contributed by atoms with E-state index in [0.29, 0.717) is 0 Å². The lowest BCUT2D eigenvalue weighted by Gasteiger charge is -2.28. The minimum absolute atomic E-state index is 0.607. The first kappa shape index (κ1) is 9.33. The second-order valence-corrected chi connectivity index (χ2v) is 4.01. The molecule has 0 fully saturated rings. The van der Waals surface area contributed by atoms with E-state index < -0.39 is 16.8 Å². The largest absolute Gasteiger partial charge is 0.481 e. The summed E-state index contributed by atoms with van der Waals surface area (Å²) in [5, 5.41) is 8.89. The number of rotatable bonds is 1. The van der Waals surface area contributed by atoms with Gasteiger partial charge in [0.05, 0.1) is 4.87 Å². The fourth-order valence-electron chi connectivity index (χ4n) is 1.46. The number of carbonyl (C=O) groups is 1. The standard InChI is InChI=1S/C9H11ClO2/c1-6-4-3-5-9(2,10)7(6)8(11)12/h3-5,7H,1-2H3,(H,11,12). The second kappa shape index (κ2) is 2.94. The van der Waals surface area contributed by atoms with Gasteiger partial charge < -0.3 is 5.11 Å². The van der Waals surface area contributed by atoms with Crippen molar-refractivity contribution in [2.45, 2.75) is 18.7 Å². The summed E-state index contributed by atoms with van der Waals surface area (Å²) in [5.74, 6) is -1.48. The van der Waals surface area contributed by atoms with Gasteiger partial charge in [-0.1, -0.05) is 23.8 Å².